The summed E-state index contributed by atoms with van der Waals surface area (Å²) in [5.74, 6) is 0.189. The highest BCUT2D eigenvalue weighted by molar-refractivity contribution is 6.74. The largest absolute Gasteiger partial charge is 0.417 e. The third kappa shape index (κ3) is 6.60. The van der Waals surface area contributed by atoms with Crippen LogP contribution < -0.4 is 0 Å². The summed E-state index contributed by atoms with van der Waals surface area (Å²) in [4.78, 5) is 10.5. The SMILES string of the molecule is C[C@H]1C[C@H](Cn2cc([N+](=O)[O-])cn2)C(OCCCO[Si](C)(C)C(C)(C)C)[C@@H](C)O1. The Hall–Kier alpha value is -1.29. The normalized spacial score (nSPS) is 25.9. The number of nitro groups is 1. The molecule has 1 unspecified atom stereocenters. The molecule has 0 N–H and O–H groups in total. The van der Waals surface area contributed by atoms with E-state index in [0.29, 0.717) is 19.8 Å². The average molecular weight is 428 g/mol. The Bertz CT molecular complexity index is 673. The van der Waals surface area contributed by atoms with Crippen LogP contribution in [0.2, 0.25) is 18.1 Å². The minimum Gasteiger partial charge on any atom is -0.417 e. The Kier molecular flexibility index (Phi) is 8.00. The van der Waals surface area contributed by atoms with E-state index in [1.165, 1.54) is 12.4 Å². The highest BCUT2D eigenvalue weighted by atomic mass is 28.4. The molecule has 8 nitrogen and oxygen atoms in total. The van der Waals surface area contributed by atoms with Crippen LogP contribution in [0, 0.1) is 16.0 Å². The van der Waals surface area contributed by atoms with Crippen molar-refractivity contribution in [2.75, 3.05) is 13.2 Å². The van der Waals surface area contributed by atoms with E-state index in [-0.39, 0.29) is 35.0 Å². The second kappa shape index (κ2) is 9.68. The molecular weight excluding hydrogens is 390 g/mol. The van der Waals surface area contributed by atoms with Crippen LogP contribution in [0.15, 0.2) is 12.4 Å². The van der Waals surface area contributed by atoms with Gasteiger partial charge in [-0.05, 0) is 44.8 Å². The Labute approximate surface area is 175 Å². The van der Waals surface area contributed by atoms with Gasteiger partial charge in [-0.15, -0.1) is 0 Å². The summed E-state index contributed by atoms with van der Waals surface area (Å²) < 4.78 is 20.1. The van der Waals surface area contributed by atoms with Crippen molar-refractivity contribution in [3.8, 4) is 0 Å². The van der Waals surface area contributed by atoms with Crippen molar-refractivity contribution >= 4 is 14.0 Å². The average Bonchev–Trinajstić information content (AvgIpc) is 3.04. The van der Waals surface area contributed by atoms with Crippen LogP contribution in [0.4, 0.5) is 5.69 Å². The molecular formula is C20H37N3O5Si. The molecule has 1 saturated heterocycles. The maximum atomic E-state index is 10.9. The standard InChI is InChI=1S/C20H37N3O5Si/c1-15-11-17(13-22-14-18(12-21-22)23(24)25)19(16(2)28-15)26-9-8-10-27-29(6,7)20(3,4)5/h12,14-17,19H,8-11,13H2,1-7H3/t15-,16+,17+,19?/m0/s1. The molecule has 1 aliphatic rings. The monoisotopic (exact) mass is 427 g/mol. The van der Waals surface area contributed by atoms with Gasteiger partial charge in [0.2, 0.25) is 0 Å². The summed E-state index contributed by atoms with van der Waals surface area (Å²) in [6, 6.07) is 0. The zero-order chi connectivity index (χ0) is 21.8. The lowest BCUT2D eigenvalue weighted by molar-refractivity contribution is -0.385. The molecule has 0 saturated carbocycles. The third-order valence-corrected chi connectivity index (χ3v) is 10.7. The minimum atomic E-state index is -1.74. The zero-order valence-electron chi connectivity index (χ0n) is 18.9. The van der Waals surface area contributed by atoms with E-state index in [4.69, 9.17) is 13.9 Å². The first-order chi connectivity index (χ1) is 13.4. The van der Waals surface area contributed by atoms with E-state index >= 15 is 0 Å². The van der Waals surface area contributed by atoms with Gasteiger partial charge in [-0.3, -0.25) is 14.8 Å². The first kappa shape index (κ1) is 24.0. The highest BCUT2D eigenvalue weighted by Gasteiger charge is 2.38. The van der Waals surface area contributed by atoms with Crippen LogP contribution in [-0.4, -0.2) is 54.5 Å². The Morgan fingerprint density at radius 1 is 1.34 bits per heavy atom. The minimum absolute atomic E-state index is 0.0124. The van der Waals surface area contributed by atoms with Gasteiger partial charge in [-0.25, -0.2) is 0 Å². The molecule has 1 aliphatic heterocycles. The van der Waals surface area contributed by atoms with Crippen LogP contribution in [0.3, 0.4) is 0 Å². The molecule has 166 valence electrons. The van der Waals surface area contributed by atoms with Gasteiger partial charge in [0.15, 0.2) is 8.32 Å². The van der Waals surface area contributed by atoms with Crippen molar-refractivity contribution in [1.82, 2.24) is 9.78 Å². The van der Waals surface area contributed by atoms with Crippen molar-refractivity contribution in [2.24, 2.45) is 5.92 Å². The fraction of sp³-hybridized carbons (Fsp3) is 0.850. The molecule has 4 atom stereocenters. The molecule has 0 radical (unpaired) electrons. The maximum Gasteiger partial charge on any atom is 0.306 e. The topological polar surface area (TPSA) is 88.7 Å². The predicted octanol–water partition coefficient (Wildman–Crippen LogP) is 4.40. The summed E-state index contributed by atoms with van der Waals surface area (Å²) in [5, 5.41) is 15.2. The van der Waals surface area contributed by atoms with Gasteiger partial charge in [0.1, 0.15) is 12.4 Å². The van der Waals surface area contributed by atoms with Gasteiger partial charge in [-0.1, -0.05) is 20.8 Å². The van der Waals surface area contributed by atoms with E-state index < -0.39 is 13.2 Å². The van der Waals surface area contributed by atoms with Crippen LogP contribution in [0.1, 0.15) is 47.5 Å². The van der Waals surface area contributed by atoms with Crippen molar-refractivity contribution in [3.63, 3.8) is 0 Å². The number of ether oxygens (including phenoxy) is 2. The molecule has 1 aromatic heterocycles. The Morgan fingerprint density at radius 2 is 2.03 bits per heavy atom. The zero-order valence-corrected chi connectivity index (χ0v) is 19.9. The molecule has 29 heavy (non-hydrogen) atoms. The van der Waals surface area contributed by atoms with Gasteiger partial charge < -0.3 is 13.9 Å². The number of rotatable bonds is 9. The molecule has 2 rings (SSSR count). The molecule has 1 aromatic rings. The fourth-order valence-corrected chi connectivity index (χ4v) is 4.59. The maximum absolute atomic E-state index is 10.9. The fourth-order valence-electron chi connectivity index (χ4n) is 3.50. The lowest BCUT2D eigenvalue weighted by Gasteiger charge is -2.39. The van der Waals surface area contributed by atoms with Crippen LogP contribution in [-0.2, 0) is 20.4 Å². The van der Waals surface area contributed by atoms with E-state index in [2.05, 4.69) is 45.9 Å². The molecule has 0 aliphatic carbocycles. The van der Waals surface area contributed by atoms with Gasteiger partial charge in [-0.2, -0.15) is 5.10 Å². The number of aromatic nitrogens is 2. The van der Waals surface area contributed by atoms with Gasteiger partial charge in [0, 0.05) is 25.7 Å². The van der Waals surface area contributed by atoms with Gasteiger partial charge in [0.05, 0.1) is 23.2 Å². The van der Waals surface area contributed by atoms with E-state index in [1.807, 2.05) is 6.92 Å². The summed E-state index contributed by atoms with van der Waals surface area (Å²) in [6.07, 6.45) is 4.48. The summed E-state index contributed by atoms with van der Waals surface area (Å²) in [5.41, 5.74) is 0.0124. The predicted molar refractivity (Wildman–Crippen MR) is 115 cm³/mol. The van der Waals surface area contributed by atoms with E-state index in [0.717, 1.165) is 12.8 Å². The molecule has 0 aromatic carbocycles. The third-order valence-electron chi connectivity index (χ3n) is 6.13. The Balaban J connectivity index is 1.89. The first-order valence-electron chi connectivity index (χ1n) is 10.5. The molecule has 9 heteroatoms. The quantitative estimate of drug-likeness (QED) is 0.251. The van der Waals surface area contributed by atoms with Crippen molar-refractivity contribution in [2.45, 2.75) is 90.4 Å². The van der Waals surface area contributed by atoms with Crippen molar-refractivity contribution in [3.05, 3.63) is 22.5 Å². The molecule has 0 amide bonds. The highest BCUT2D eigenvalue weighted by Crippen LogP contribution is 2.36. The molecule has 1 fully saturated rings. The van der Waals surface area contributed by atoms with Crippen LogP contribution >= 0.6 is 0 Å². The summed E-state index contributed by atoms with van der Waals surface area (Å²) >= 11 is 0. The van der Waals surface area contributed by atoms with Gasteiger partial charge in [0.25, 0.3) is 0 Å². The molecule has 2 heterocycles. The second-order valence-electron chi connectivity index (χ2n) is 9.62. The summed E-state index contributed by atoms with van der Waals surface area (Å²) in [6.45, 7) is 17.2. The smallest absolute Gasteiger partial charge is 0.306 e. The second-order valence-corrected chi connectivity index (χ2v) is 14.4. The van der Waals surface area contributed by atoms with Crippen LogP contribution in [0.5, 0.6) is 0 Å². The van der Waals surface area contributed by atoms with Crippen molar-refractivity contribution < 1.29 is 18.8 Å². The Morgan fingerprint density at radius 3 is 2.62 bits per heavy atom. The van der Waals surface area contributed by atoms with Crippen molar-refractivity contribution in [1.29, 1.82) is 0 Å². The van der Waals surface area contributed by atoms with Crippen LogP contribution in [0.25, 0.3) is 0 Å². The van der Waals surface area contributed by atoms with E-state index in [9.17, 15) is 10.1 Å². The summed E-state index contributed by atoms with van der Waals surface area (Å²) in [7, 11) is -1.74. The van der Waals surface area contributed by atoms with Gasteiger partial charge >= 0.3 is 5.69 Å². The van der Waals surface area contributed by atoms with E-state index in [1.54, 1.807) is 4.68 Å². The first-order valence-corrected chi connectivity index (χ1v) is 13.4. The lowest BCUT2D eigenvalue weighted by Crippen LogP contribution is -2.46. The molecule has 0 spiro atoms. The number of hydrogen-bond acceptors (Lipinski definition) is 6. The molecule has 0 bridgehead atoms. The number of nitrogens with zero attached hydrogens (tertiary/aromatic N) is 3. The number of hydrogen-bond donors (Lipinski definition) is 0. The lowest BCUT2D eigenvalue weighted by atomic mass is 9.89.